The topological polar surface area (TPSA) is 0 Å². The fourth-order valence-electron chi connectivity index (χ4n) is 9.69. The Hall–Kier alpha value is -7.28. The Morgan fingerprint density at radius 2 is 0.847 bits per heavy atom. The summed E-state index contributed by atoms with van der Waals surface area (Å²) in [6, 6.07) is 24.0. The fraction of sp³-hybridized carbons (Fsp3) is 0.0508. The molecule has 0 bridgehead atoms. The van der Waals surface area contributed by atoms with E-state index < -0.39 is 42.3 Å². The van der Waals surface area contributed by atoms with Gasteiger partial charge < -0.3 is 0 Å². The van der Waals surface area contributed by atoms with Gasteiger partial charge in [0.15, 0.2) is 0 Å². The van der Waals surface area contributed by atoms with Crippen LogP contribution < -0.4 is 0 Å². The van der Waals surface area contributed by atoms with Gasteiger partial charge in [0.25, 0.3) is 0 Å². The Morgan fingerprint density at radius 1 is 0.322 bits per heavy atom. The summed E-state index contributed by atoms with van der Waals surface area (Å²) in [6.45, 7) is 4.35. The van der Waals surface area contributed by atoms with Crippen LogP contribution in [-0.2, 0) is 5.41 Å². The first-order valence-corrected chi connectivity index (χ1v) is 19.5. The third kappa shape index (κ3) is 4.55. The average molecular weight is 763 g/mol. The molecule has 1 aliphatic rings. The molecule has 274 valence electrons. The van der Waals surface area contributed by atoms with Crippen LogP contribution in [0.4, 0.5) is 0 Å². The van der Waals surface area contributed by atoms with Gasteiger partial charge in [-0.15, -0.1) is 0 Å². The molecule has 0 nitrogen and oxygen atoms in total. The van der Waals surface area contributed by atoms with E-state index in [0.29, 0.717) is 33.4 Å². The monoisotopic (exact) mass is 762 g/mol. The summed E-state index contributed by atoms with van der Waals surface area (Å²) in [4.78, 5) is 0. The van der Waals surface area contributed by atoms with E-state index in [2.05, 4.69) is 38.1 Å². The van der Waals surface area contributed by atoms with Gasteiger partial charge >= 0.3 is 0 Å². The molecular weight excluding hydrogens is 709 g/mol. The minimum atomic E-state index is -0.537. The molecule has 12 aromatic rings. The van der Waals surface area contributed by atoms with Crippen LogP contribution in [0.5, 0.6) is 0 Å². The first kappa shape index (κ1) is 20.9. The second kappa shape index (κ2) is 11.9. The molecule has 0 heterocycles. The van der Waals surface area contributed by atoms with E-state index >= 15 is 0 Å². The van der Waals surface area contributed by atoms with Crippen molar-refractivity contribution in [1.82, 2.24) is 0 Å². The Morgan fingerprint density at radius 3 is 1.63 bits per heavy atom. The number of fused-ring (bicyclic) bond motifs is 3. The molecule has 0 aromatic heterocycles. The quantitative estimate of drug-likeness (QED) is 0.157. The highest BCUT2D eigenvalue weighted by Crippen LogP contribution is 2.51. The Balaban J connectivity index is 1.16. The summed E-state index contributed by atoms with van der Waals surface area (Å²) in [5, 5.41) is 0.642. The molecule has 0 atom stereocenters. The maximum atomic E-state index is 9.91. The lowest BCUT2D eigenvalue weighted by atomic mass is 9.81. The first-order chi connectivity index (χ1) is 35.7. The smallest absolute Gasteiger partial charge is 0.0619 e. The molecular formula is C59H38. The van der Waals surface area contributed by atoms with E-state index in [0.717, 1.165) is 27.8 Å². The van der Waals surface area contributed by atoms with Crippen LogP contribution in [0, 0.1) is 0 Å². The van der Waals surface area contributed by atoms with Gasteiger partial charge in [-0.05, 0) is 144 Å². The summed E-state index contributed by atoms with van der Waals surface area (Å²) in [5.74, 6) is 0. The second-order valence-electron chi connectivity index (χ2n) is 15.9. The van der Waals surface area contributed by atoms with E-state index in [1.807, 2.05) is 42.5 Å². The van der Waals surface area contributed by atoms with Crippen molar-refractivity contribution >= 4 is 64.6 Å². The third-order valence-electron chi connectivity index (χ3n) is 12.5. The molecule has 0 saturated heterocycles. The van der Waals surface area contributed by atoms with Crippen LogP contribution in [0.3, 0.4) is 0 Å². The molecule has 0 spiro atoms. The standard InChI is InChI=1S/C59H38/c1-59(2)53-16-6-5-15-48(53)52-34-42(26-32-54(52)59)44-27-25-41(33-51(44)47-29-22-40-20-18-36-10-8-12-38-24-31-50(47)58(40)56(36)38)43-13-3-4-14-45(43)46-28-21-39-19-17-35-9-7-11-37-23-30-49(46)57(39)55(35)37/h3-34H,1-2H3/i7D,8D,9D,11D,12D,17D,18D,19D,20D,21D,22D,23D,24D,29D,30D,31D. The van der Waals surface area contributed by atoms with Crippen molar-refractivity contribution in [1.29, 1.82) is 0 Å². The normalized spacial score (nSPS) is 17.2. The van der Waals surface area contributed by atoms with Crippen molar-refractivity contribution in [2.75, 3.05) is 0 Å². The number of rotatable bonds is 4. The number of hydrogen-bond donors (Lipinski definition) is 0. The summed E-state index contributed by atoms with van der Waals surface area (Å²) < 4.78 is 147. The van der Waals surface area contributed by atoms with Crippen molar-refractivity contribution in [3.63, 3.8) is 0 Å². The van der Waals surface area contributed by atoms with Gasteiger partial charge in [0.05, 0.1) is 21.9 Å². The minimum absolute atomic E-state index is 0.0127. The number of benzene rings is 12. The van der Waals surface area contributed by atoms with Crippen LogP contribution in [0.15, 0.2) is 194 Å². The molecule has 1 aliphatic carbocycles. The third-order valence-corrected chi connectivity index (χ3v) is 12.5. The zero-order chi connectivity index (χ0) is 52.9. The molecule has 0 N–H and O–H groups in total. The van der Waals surface area contributed by atoms with Crippen molar-refractivity contribution in [2.45, 2.75) is 19.3 Å². The van der Waals surface area contributed by atoms with Gasteiger partial charge in [0.2, 0.25) is 0 Å². The largest absolute Gasteiger partial charge is 0.0630 e. The summed E-state index contributed by atoms with van der Waals surface area (Å²) in [6.07, 6.45) is 0. The predicted molar refractivity (Wildman–Crippen MR) is 253 cm³/mol. The molecule has 12 aromatic carbocycles. The second-order valence-corrected chi connectivity index (χ2v) is 15.9. The summed E-state index contributed by atoms with van der Waals surface area (Å²) >= 11 is 0. The molecule has 59 heavy (non-hydrogen) atoms. The van der Waals surface area contributed by atoms with Gasteiger partial charge in [-0.1, -0.05) is 195 Å². The van der Waals surface area contributed by atoms with E-state index in [9.17, 15) is 11.0 Å². The maximum absolute atomic E-state index is 9.91. The van der Waals surface area contributed by atoms with Crippen molar-refractivity contribution in [2.24, 2.45) is 0 Å². The molecule has 0 saturated carbocycles. The van der Waals surface area contributed by atoms with E-state index in [4.69, 9.17) is 11.0 Å². The highest BCUT2D eigenvalue weighted by Gasteiger charge is 2.35. The molecule has 0 unspecified atom stereocenters. The average Bonchev–Trinajstić information content (AvgIpc) is 3.67. The van der Waals surface area contributed by atoms with Crippen molar-refractivity contribution in [3.05, 3.63) is 205 Å². The van der Waals surface area contributed by atoms with Crippen LogP contribution >= 0.6 is 0 Å². The fourth-order valence-corrected chi connectivity index (χ4v) is 9.69. The van der Waals surface area contributed by atoms with Crippen LogP contribution in [-0.4, -0.2) is 0 Å². The predicted octanol–water partition coefficient (Wildman–Crippen LogP) is 16.5. The maximum Gasteiger partial charge on any atom is 0.0630 e. The van der Waals surface area contributed by atoms with Gasteiger partial charge in [-0.3, -0.25) is 0 Å². The van der Waals surface area contributed by atoms with Crippen molar-refractivity contribution < 1.29 is 21.9 Å². The van der Waals surface area contributed by atoms with Crippen LogP contribution in [0.2, 0.25) is 0 Å². The molecule has 13 rings (SSSR count). The van der Waals surface area contributed by atoms with Gasteiger partial charge in [-0.2, -0.15) is 0 Å². The summed E-state index contributed by atoms with van der Waals surface area (Å²) in [5.41, 5.74) is 7.72. The molecule has 0 radical (unpaired) electrons. The zero-order valence-electron chi connectivity index (χ0n) is 47.7. The Kier molecular flexibility index (Phi) is 4.22. The lowest BCUT2D eigenvalue weighted by molar-refractivity contribution is 0.660. The van der Waals surface area contributed by atoms with Crippen LogP contribution in [0.25, 0.3) is 120 Å². The lowest BCUT2D eigenvalue weighted by Crippen LogP contribution is -2.14. The SMILES string of the molecule is [2H]c1cc2c([2H])c([2H])c3c([2H])c([2H])c(-c4cc(-c5ccccc5-c5cc([2H])c6c([2H])c([2H])c7c([2H])c([2H])c([2H])c8c([2H])c([2H])c5c6c78)ccc4-c4ccc5c(c4)-c4ccccc4C5(C)C)c4c([2H])c([2H])c(c1[2H])c2c34. The van der Waals surface area contributed by atoms with Crippen LogP contribution in [0.1, 0.15) is 46.9 Å². The number of hydrogen-bond acceptors (Lipinski definition) is 0. The zero-order valence-corrected chi connectivity index (χ0v) is 31.7. The van der Waals surface area contributed by atoms with Gasteiger partial charge in [0.1, 0.15) is 0 Å². The van der Waals surface area contributed by atoms with Gasteiger partial charge in [-0.25, -0.2) is 0 Å². The molecule has 0 aliphatic heterocycles. The molecule has 0 heteroatoms. The van der Waals surface area contributed by atoms with Crippen molar-refractivity contribution in [3.8, 4) is 55.6 Å². The first-order valence-electron chi connectivity index (χ1n) is 27.5. The van der Waals surface area contributed by atoms with E-state index in [-0.39, 0.29) is 130 Å². The lowest BCUT2D eigenvalue weighted by Gasteiger charge is -2.22. The van der Waals surface area contributed by atoms with E-state index in [1.54, 1.807) is 18.2 Å². The highest BCUT2D eigenvalue weighted by atomic mass is 14.4. The Labute approximate surface area is 365 Å². The molecule has 0 fully saturated rings. The Bertz CT molecular complexity index is 4610. The van der Waals surface area contributed by atoms with Gasteiger partial charge in [0, 0.05) is 5.41 Å². The molecule has 0 amide bonds. The van der Waals surface area contributed by atoms with E-state index in [1.165, 1.54) is 12.1 Å². The highest BCUT2D eigenvalue weighted by molar-refractivity contribution is 6.27. The summed E-state index contributed by atoms with van der Waals surface area (Å²) in [7, 11) is 0. The minimum Gasteiger partial charge on any atom is -0.0619 e.